The number of nitrogens with one attached hydrogen (secondary N) is 2. The van der Waals surface area contributed by atoms with Crippen molar-refractivity contribution in [1.29, 1.82) is 0 Å². The maximum absolute atomic E-state index is 14.7. The average molecular weight is 906 g/mol. The summed E-state index contributed by atoms with van der Waals surface area (Å²) in [6.45, 7) is 9.14. The minimum absolute atomic E-state index is 0.0308. The number of nitrogens with zero attached hydrogens (tertiary/aromatic N) is 5. The van der Waals surface area contributed by atoms with Gasteiger partial charge >= 0.3 is 16.3 Å². The quantitative estimate of drug-likeness (QED) is 0.163. The lowest BCUT2D eigenvalue weighted by Gasteiger charge is -2.30. The first-order chi connectivity index (χ1) is 29.8. The van der Waals surface area contributed by atoms with E-state index in [1.165, 1.54) is 42.5 Å². The number of ketones is 1. The molecule has 0 radical (unpaired) electrons. The first-order valence-corrected chi connectivity index (χ1v) is 23.7. The molecule has 0 spiro atoms. The van der Waals surface area contributed by atoms with Gasteiger partial charge in [0.15, 0.2) is 5.78 Å². The van der Waals surface area contributed by atoms with E-state index >= 15 is 0 Å². The number of benzene rings is 2. The van der Waals surface area contributed by atoms with Crippen molar-refractivity contribution >= 4 is 56.3 Å². The van der Waals surface area contributed by atoms with Crippen LogP contribution in [0.5, 0.6) is 6.01 Å². The number of hydrogen-bond acceptors (Lipinski definition) is 11. The third-order valence-electron chi connectivity index (χ3n) is 11.7. The van der Waals surface area contributed by atoms with Gasteiger partial charge in [0.25, 0.3) is 6.01 Å². The summed E-state index contributed by atoms with van der Waals surface area (Å²) in [5.74, 6) is -2.43. The largest absolute Gasteiger partial charge is 0.459 e. The molecule has 2 aliphatic heterocycles. The highest BCUT2D eigenvalue weighted by atomic mass is 32.2. The van der Waals surface area contributed by atoms with E-state index in [4.69, 9.17) is 19.4 Å². The zero-order valence-corrected chi connectivity index (χ0v) is 38.4. The number of fused-ring (bicyclic) bond motifs is 3. The summed E-state index contributed by atoms with van der Waals surface area (Å²) in [4.78, 5) is 67.7. The van der Waals surface area contributed by atoms with Gasteiger partial charge in [-0.15, -0.1) is 11.3 Å². The number of amides is 3. The Balaban J connectivity index is 1.23. The molecule has 1 saturated heterocycles. The number of thiazole rings is 1. The minimum atomic E-state index is -4.16. The molecule has 1 aliphatic carbocycles. The van der Waals surface area contributed by atoms with E-state index in [1.807, 2.05) is 54.1 Å². The van der Waals surface area contributed by atoms with E-state index < -0.39 is 63.1 Å². The molecule has 2 N–H and O–H groups in total. The monoisotopic (exact) mass is 905 g/mol. The van der Waals surface area contributed by atoms with Crippen molar-refractivity contribution in [3.63, 3.8) is 0 Å². The lowest BCUT2D eigenvalue weighted by atomic mass is 9.91. The number of allylic oxidation sites excluding steroid dienone is 2. The van der Waals surface area contributed by atoms with Gasteiger partial charge < -0.3 is 19.7 Å². The number of rotatable bonds is 9. The highest BCUT2D eigenvalue weighted by Gasteiger charge is 2.61. The zero-order valence-electron chi connectivity index (χ0n) is 36.7. The van der Waals surface area contributed by atoms with Gasteiger partial charge in [0, 0.05) is 49.5 Å². The van der Waals surface area contributed by atoms with Gasteiger partial charge in [-0.1, -0.05) is 43.2 Å². The number of halogens is 1. The Labute approximate surface area is 371 Å². The van der Waals surface area contributed by atoms with Crippen LogP contribution >= 0.6 is 11.3 Å². The Morgan fingerprint density at radius 2 is 1.83 bits per heavy atom. The average Bonchev–Trinajstić information content (AvgIpc) is 3.55. The molecule has 4 heterocycles. The van der Waals surface area contributed by atoms with Crippen molar-refractivity contribution in [3.05, 3.63) is 65.8 Å². The van der Waals surface area contributed by atoms with Crippen LogP contribution in [0.1, 0.15) is 92.0 Å². The van der Waals surface area contributed by atoms with Crippen LogP contribution in [0, 0.1) is 17.2 Å². The van der Waals surface area contributed by atoms with Gasteiger partial charge in [-0.3, -0.25) is 19.0 Å². The molecular formula is C45H56FN7O8S2. The molecule has 3 amide bonds. The smallest absolute Gasteiger partial charge is 0.408 e. The standard InChI is InChI=1S/C45H56FN7O8S2/c1-27(2)53-35-20-14-18-32(39-47-34(26-62-39)28-15-13-17-30(46)21-28)38(35)49-42(53)60-31-22-36-37(54)24-45(41(56)50-63(58,59)51(6)7)23-29(45)16-11-9-8-10-12-19-33(40(55)52(36)25-31)48-43(57)61-44(3,4)5/h11,13-18,20-21,26-27,29,31,33,36H,8-10,12,19,22-25H2,1-7H3,(H,48,57)(H,50,56)/b16-11-/t29-,31-,33+,36+,45-/m1/s1. The van der Waals surface area contributed by atoms with Crippen molar-refractivity contribution in [2.24, 2.45) is 11.3 Å². The molecule has 0 bridgehead atoms. The number of Topliss-reactive ketones (excluding diaryl/α,β-unsaturated/α-hetero) is 1. The fraction of sp³-hybridized carbons (Fsp3) is 0.511. The van der Waals surface area contributed by atoms with Gasteiger partial charge in [0.1, 0.15) is 34.1 Å². The van der Waals surface area contributed by atoms with E-state index in [1.54, 1.807) is 32.9 Å². The Hall–Kier alpha value is -5.20. The Morgan fingerprint density at radius 1 is 1.06 bits per heavy atom. The molecule has 2 aromatic carbocycles. The molecule has 338 valence electrons. The van der Waals surface area contributed by atoms with Gasteiger partial charge in [0.2, 0.25) is 11.8 Å². The molecule has 1 saturated carbocycles. The van der Waals surface area contributed by atoms with Crippen LogP contribution in [0.25, 0.3) is 32.9 Å². The topological polar surface area (TPSA) is 182 Å². The normalized spacial score (nSPS) is 24.1. The molecule has 0 unspecified atom stereocenters. The number of carbonyl (C=O) groups excluding carboxylic acids is 4. The van der Waals surface area contributed by atoms with Crippen LogP contribution < -0.4 is 14.8 Å². The number of alkyl carbamates (subject to hydrolysis) is 1. The summed E-state index contributed by atoms with van der Waals surface area (Å²) in [7, 11) is -1.55. The van der Waals surface area contributed by atoms with E-state index in [0.717, 1.165) is 28.2 Å². The number of carbonyl (C=O) groups is 4. The minimum Gasteiger partial charge on any atom is -0.459 e. The Kier molecular flexibility index (Phi) is 13.2. The van der Waals surface area contributed by atoms with E-state index in [9.17, 15) is 32.0 Å². The highest BCUT2D eigenvalue weighted by Crippen LogP contribution is 2.57. The maximum atomic E-state index is 14.7. The van der Waals surface area contributed by atoms with E-state index in [0.29, 0.717) is 41.0 Å². The second kappa shape index (κ2) is 18.1. The highest BCUT2D eigenvalue weighted by molar-refractivity contribution is 7.87. The molecular weight excluding hydrogens is 850 g/mol. The van der Waals surface area contributed by atoms with Gasteiger partial charge in [-0.05, 0) is 90.5 Å². The summed E-state index contributed by atoms with van der Waals surface area (Å²) < 4.78 is 57.0. The van der Waals surface area contributed by atoms with Crippen molar-refractivity contribution in [2.45, 2.75) is 116 Å². The molecule has 7 rings (SSSR count). The number of ether oxygens (including phenoxy) is 2. The lowest BCUT2D eigenvalue weighted by molar-refractivity contribution is -0.140. The maximum Gasteiger partial charge on any atom is 0.408 e. The van der Waals surface area contributed by atoms with Crippen LogP contribution in [-0.2, 0) is 29.3 Å². The van der Waals surface area contributed by atoms with Crippen LogP contribution in [0.3, 0.4) is 0 Å². The number of para-hydroxylation sites is 1. The van der Waals surface area contributed by atoms with Gasteiger partial charge in [-0.25, -0.2) is 18.9 Å². The predicted molar refractivity (Wildman–Crippen MR) is 237 cm³/mol. The summed E-state index contributed by atoms with van der Waals surface area (Å²) in [5, 5.41) is 5.32. The van der Waals surface area contributed by atoms with Crippen molar-refractivity contribution in [3.8, 4) is 27.8 Å². The number of aromatic nitrogens is 3. The summed E-state index contributed by atoms with van der Waals surface area (Å²) in [6.07, 6.45) is 5.46. The van der Waals surface area contributed by atoms with Gasteiger partial charge in [0.05, 0.1) is 29.2 Å². The van der Waals surface area contributed by atoms with Crippen LogP contribution in [0.2, 0.25) is 0 Å². The SMILES string of the molecule is CC(C)n1c(O[C@@H]2C[C@H]3C(=O)C[C@]4(C(=O)NS(=O)(=O)N(C)C)C[C@H]4/C=C\CCCCC[C@H](NC(=O)OC(C)(C)C)C(=O)N3C2)nc2c(-c3nc(-c4cccc(F)c4)cs3)cccc21. The van der Waals surface area contributed by atoms with Gasteiger partial charge in [-0.2, -0.15) is 17.7 Å². The third kappa shape index (κ3) is 10.1. The molecule has 2 aromatic heterocycles. The molecule has 18 heteroatoms. The second-order valence-electron chi connectivity index (χ2n) is 18.2. The molecule has 3 aliphatic rings. The van der Waals surface area contributed by atoms with Crippen molar-refractivity contribution in [2.75, 3.05) is 20.6 Å². The zero-order chi connectivity index (χ0) is 45.4. The fourth-order valence-corrected chi connectivity index (χ4v) is 9.91. The third-order valence-corrected chi connectivity index (χ3v) is 14.0. The predicted octanol–water partition coefficient (Wildman–Crippen LogP) is 7.20. The van der Waals surface area contributed by atoms with Crippen LogP contribution in [0.15, 0.2) is 60.0 Å². The first kappa shape index (κ1) is 45.8. The van der Waals surface area contributed by atoms with E-state index in [2.05, 4.69) is 10.0 Å². The second-order valence-corrected chi connectivity index (χ2v) is 20.9. The molecule has 63 heavy (non-hydrogen) atoms. The molecule has 5 atom stereocenters. The Morgan fingerprint density at radius 3 is 2.54 bits per heavy atom. The lowest BCUT2D eigenvalue weighted by Crippen LogP contribution is -2.53. The Bertz CT molecular complexity index is 2530. The summed E-state index contributed by atoms with van der Waals surface area (Å²) in [5.41, 5.74) is 1.25. The van der Waals surface area contributed by atoms with Crippen molar-refractivity contribution in [1.82, 2.24) is 33.8 Å². The van der Waals surface area contributed by atoms with Crippen molar-refractivity contribution < 1.29 is 41.5 Å². The molecule has 15 nitrogen and oxygen atoms in total. The molecule has 2 fully saturated rings. The summed E-state index contributed by atoms with van der Waals surface area (Å²) >= 11 is 1.41. The number of imidazole rings is 1. The molecule has 4 aromatic rings. The van der Waals surface area contributed by atoms with Crippen LogP contribution in [-0.4, -0.2) is 100 Å². The number of hydrogen-bond donors (Lipinski definition) is 2. The van der Waals surface area contributed by atoms with E-state index in [-0.39, 0.29) is 49.6 Å². The van der Waals surface area contributed by atoms with Crippen LogP contribution in [0.4, 0.5) is 9.18 Å². The summed E-state index contributed by atoms with van der Waals surface area (Å²) in [6, 6.07) is 10.0. The fourth-order valence-electron chi connectivity index (χ4n) is 8.43. The first-order valence-electron chi connectivity index (χ1n) is 21.4.